The highest BCUT2D eigenvalue weighted by molar-refractivity contribution is 5.77. The Hall–Kier alpha value is -0.570. The molecule has 0 spiro atoms. The molecule has 3 nitrogen and oxygen atoms in total. The van der Waals surface area contributed by atoms with E-state index in [0.29, 0.717) is 18.9 Å². The van der Waals surface area contributed by atoms with Crippen molar-refractivity contribution in [1.82, 2.24) is 5.32 Å². The van der Waals surface area contributed by atoms with Gasteiger partial charge in [-0.15, -0.1) is 0 Å². The fourth-order valence-electron chi connectivity index (χ4n) is 1.01. The lowest BCUT2D eigenvalue weighted by atomic mass is 9.81. The van der Waals surface area contributed by atoms with Crippen molar-refractivity contribution in [3.05, 3.63) is 0 Å². The maximum Gasteiger partial charge on any atom is 0.221 e. The van der Waals surface area contributed by atoms with Gasteiger partial charge in [0, 0.05) is 18.5 Å². The predicted molar refractivity (Wildman–Crippen MR) is 64.5 cm³/mol. The molecule has 3 N–H and O–H groups in total. The molecule has 0 heterocycles. The van der Waals surface area contributed by atoms with E-state index in [1.165, 1.54) is 0 Å². The summed E-state index contributed by atoms with van der Waals surface area (Å²) in [5.41, 5.74) is 5.48. The minimum Gasteiger partial charge on any atom is -0.355 e. The molecular formula is C12H26N2O. The normalized spacial score (nSPS) is 13.1. The van der Waals surface area contributed by atoms with Crippen LogP contribution in [0.5, 0.6) is 0 Å². The van der Waals surface area contributed by atoms with E-state index in [4.69, 9.17) is 5.73 Å². The molecule has 0 aromatic rings. The minimum atomic E-state index is -0.425. The van der Waals surface area contributed by atoms with E-state index in [-0.39, 0.29) is 11.3 Å². The summed E-state index contributed by atoms with van der Waals surface area (Å²) >= 11 is 0. The molecule has 1 amide bonds. The van der Waals surface area contributed by atoms with Crippen LogP contribution in [-0.4, -0.2) is 18.0 Å². The minimum absolute atomic E-state index is 0.0382. The average molecular weight is 214 g/mol. The molecule has 0 aliphatic carbocycles. The second-order valence-corrected chi connectivity index (χ2v) is 6.09. The molecular weight excluding hydrogens is 188 g/mol. The molecule has 0 aromatic carbocycles. The second kappa shape index (κ2) is 4.97. The Labute approximate surface area is 93.8 Å². The molecule has 3 heteroatoms. The first-order valence-electron chi connectivity index (χ1n) is 5.60. The summed E-state index contributed by atoms with van der Waals surface area (Å²) in [6, 6.07) is 0. The van der Waals surface area contributed by atoms with Gasteiger partial charge in [-0.2, -0.15) is 0 Å². The number of nitrogens with two attached hydrogens (primary N) is 1. The van der Waals surface area contributed by atoms with E-state index < -0.39 is 5.54 Å². The number of carbonyl (C=O) groups excluding carboxylic acids is 1. The van der Waals surface area contributed by atoms with Crippen LogP contribution in [0.4, 0.5) is 0 Å². The first-order valence-corrected chi connectivity index (χ1v) is 5.60. The van der Waals surface area contributed by atoms with Gasteiger partial charge >= 0.3 is 0 Å². The third-order valence-electron chi connectivity index (χ3n) is 2.92. The van der Waals surface area contributed by atoms with E-state index in [0.717, 1.165) is 0 Å². The monoisotopic (exact) mass is 214 g/mol. The number of hydrogen-bond acceptors (Lipinski definition) is 2. The van der Waals surface area contributed by atoms with E-state index in [9.17, 15) is 4.79 Å². The number of carbonyl (C=O) groups is 1. The Balaban J connectivity index is 4.02. The summed E-state index contributed by atoms with van der Waals surface area (Å²) in [6.07, 6.45) is 0.376. The Bertz CT molecular complexity index is 214. The van der Waals surface area contributed by atoms with Gasteiger partial charge in [0.15, 0.2) is 0 Å². The lowest BCUT2D eigenvalue weighted by Crippen LogP contribution is -2.42. The zero-order chi connectivity index (χ0) is 12.3. The van der Waals surface area contributed by atoms with Crippen LogP contribution in [0.15, 0.2) is 0 Å². The Kier molecular flexibility index (Phi) is 4.78. The van der Waals surface area contributed by atoms with Crippen molar-refractivity contribution in [2.45, 2.75) is 53.5 Å². The van der Waals surface area contributed by atoms with Gasteiger partial charge in [0.25, 0.3) is 0 Å². The number of rotatable bonds is 5. The molecule has 0 aliphatic heterocycles. The molecule has 0 aliphatic rings. The summed E-state index contributed by atoms with van der Waals surface area (Å²) in [4.78, 5) is 11.5. The molecule has 0 bridgehead atoms. The van der Waals surface area contributed by atoms with E-state index >= 15 is 0 Å². The zero-order valence-electron chi connectivity index (χ0n) is 11.0. The van der Waals surface area contributed by atoms with Gasteiger partial charge in [-0.25, -0.2) is 0 Å². The van der Waals surface area contributed by atoms with Crippen LogP contribution < -0.4 is 11.1 Å². The van der Waals surface area contributed by atoms with Crippen LogP contribution in [0.25, 0.3) is 0 Å². The standard InChI is InChI=1S/C12H26N2O/c1-9(2)11(3,4)8-14-10(15)7-12(5,6)13/h9H,7-8,13H2,1-6H3,(H,14,15). The topological polar surface area (TPSA) is 55.1 Å². The third kappa shape index (κ3) is 6.50. The second-order valence-electron chi connectivity index (χ2n) is 6.09. The third-order valence-corrected chi connectivity index (χ3v) is 2.92. The maximum absolute atomic E-state index is 11.5. The van der Waals surface area contributed by atoms with Crippen molar-refractivity contribution in [2.75, 3.05) is 6.54 Å². The van der Waals surface area contributed by atoms with Gasteiger partial charge in [0.05, 0.1) is 0 Å². The average Bonchev–Trinajstić information content (AvgIpc) is 1.97. The largest absolute Gasteiger partial charge is 0.355 e. The highest BCUT2D eigenvalue weighted by Crippen LogP contribution is 2.24. The van der Waals surface area contributed by atoms with Crippen molar-refractivity contribution < 1.29 is 4.79 Å². The summed E-state index contributed by atoms with van der Waals surface area (Å²) < 4.78 is 0. The molecule has 0 saturated carbocycles. The van der Waals surface area contributed by atoms with Crippen LogP contribution in [0.2, 0.25) is 0 Å². The SMILES string of the molecule is CC(C)C(C)(C)CNC(=O)CC(C)(C)N. The highest BCUT2D eigenvalue weighted by atomic mass is 16.1. The molecule has 0 fully saturated rings. The molecule has 0 aromatic heterocycles. The van der Waals surface area contributed by atoms with Crippen LogP contribution >= 0.6 is 0 Å². The first-order chi connectivity index (χ1) is 6.54. The lowest BCUT2D eigenvalue weighted by Gasteiger charge is -2.30. The molecule has 15 heavy (non-hydrogen) atoms. The summed E-state index contributed by atoms with van der Waals surface area (Å²) in [5.74, 6) is 0.583. The Morgan fingerprint density at radius 3 is 2.07 bits per heavy atom. The predicted octanol–water partition coefficient (Wildman–Crippen LogP) is 1.91. The number of nitrogens with one attached hydrogen (secondary N) is 1. The fraction of sp³-hybridized carbons (Fsp3) is 0.917. The summed E-state index contributed by atoms with van der Waals surface area (Å²) in [6.45, 7) is 13.1. The summed E-state index contributed by atoms with van der Waals surface area (Å²) in [7, 11) is 0. The molecule has 0 atom stereocenters. The first kappa shape index (κ1) is 14.4. The maximum atomic E-state index is 11.5. The van der Waals surface area contributed by atoms with E-state index in [2.05, 4.69) is 33.0 Å². The smallest absolute Gasteiger partial charge is 0.221 e. The number of hydrogen-bond donors (Lipinski definition) is 2. The van der Waals surface area contributed by atoms with Gasteiger partial charge in [0.2, 0.25) is 5.91 Å². The van der Waals surface area contributed by atoms with E-state index in [1.54, 1.807) is 0 Å². The van der Waals surface area contributed by atoms with Crippen molar-refractivity contribution in [3.63, 3.8) is 0 Å². The lowest BCUT2D eigenvalue weighted by molar-refractivity contribution is -0.122. The summed E-state index contributed by atoms with van der Waals surface area (Å²) in [5, 5.41) is 2.94. The Morgan fingerprint density at radius 2 is 1.73 bits per heavy atom. The van der Waals surface area contributed by atoms with Crippen LogP contribution in [0.3, 0.4) is 0 Å². The van der Waals surface area contributed by atoms with Gasteiger partial charge in [-0.05, 0) is 25.2 Å². The number of amides is 1. The molecule has 0 unspecified atom stereocenters. The van der Waals surface area contributed by atoms with Crippen molar-refractivity contribution in [1.29, 1.82) is 0 Å². The van der Waals surface area contributed by atoms with E-state index in [1.807, 2.05) is 13.8 Å². The quantitative estimate of drug-likeness (QED) is 0.734. The fourth-order valence-corrected chi connectivity index (χ4v) is 1.01. The zero-order valence-corrected chi connectivity index (χ0v) is 11.0. The van der Waals surface area contributed by atoms with Crippen molar-refractivity contribution in [2.24, 2.45) is 17.1 Å². The van der Waals surface area contributed by atoms with Crippen LogP contribution in [-0.2, 0) is 4.79 Å². The Morgan fingerprint density at radius 1 is 1.27 bits per heavy atom. The molecule has 0 saturated heterocycles. The van der Waals surface area contributed by atoms with Crippen LogP contribution in [0.1, 0.15) is 48.0 Å². The van der Waals surface area contributed by atoms with Crippen molar-refractivity contribution >= 4 is 5.91 Å². The van der Waals surface area contributed by atoms with Gasteiger partial charge in [0.1, 0.15) is 0 Å². The van der Waals surface area contributed by atoms with Crippen molar-refractivity contribution in [3.8, 4) is 0 Å². The molecule has 0 rings (SSSR count). The molecule has 90 valence electrons. The highest BCUT2D eigenvalue weighted by Gasteiger charge is 2.24. The van der Waals surface area contributed by atoms with Gasteiger partial charge in [-0.3, -0.25) is 4.79 Å². The van der Waals surface area contributed by atoms with Crippen LogP contribution in [0, 0.1) is 11.3 Å². The molecule has 0 radical (unpaired) electrons. The van der Waals surface area contributed by atoms with Gasteiger partial charge in [-0.1, -0.05) is 27.7 Å². The van der Waals surface area contributed by atoms with Gasteiger partial charge < -0.3 is 11.1 Å².